The minimum Gasteiger partial charge on any atom is -0.374 e. The van der Waals surface area contributed by atoms with Gasteiger partial charge >= 0.3 is 0 Å². The van der Waals surface area contributed by atoms with Crippen LogP contribution in [-0.2, 0) is 6.42 Å². The van der Waals surface area contributed by atoms with Crippen LogP contribution in [0.15, 0.2) is 54.9 Å². The standard InChI is InChI=1S/C24H18N6O2/c1-2-16-6-4-10-27-22(16)21(31)9-8-15-5-3-7-18(11-15)30-20-12-17(13-25)28-14-19(20)23(29-30)24(26)32/h3-7,10-12,14,21,31H,2H2,1H3,(H2,26,32)/t21-/m0/s1. The van der Waals surface area contributed by atoms with Crippen LogP contribution in [0.4, 0.5) is 0 Å². The smallest absolute Gasteiger partial charge is 0.269 e. The maximum absolute atomic E-state index is 11.8. The van der Waals surface area contributed by atoms with Gasteiger partial charge in [0.1, 0.15) is 11.8 Å². The van der Waals surface area contributed by atoms with E-state index in [0.717, 1.165) is 12.0 Å². The third-order valence-corrected chi connectivity index (χ3v) is 4.92. The molecule has 0 fully saturated rings. The molecule has 0 bridgehead atoms. The topological polar surface area (TPSA) is 131 Å². The second-order valence-electron chi connectivity index (χ2n) is 6.95. The average Bonchev–Trinajstić information content (AvgIpc) is 3.21. The summed E-state index contributed by atoms with van der Waals surface area (Å²) in [5, 5.41) is 24.5. The number of amides is 1. The molecule has 3 aromatic heterocycles. The van der Waals surface area contributed by atoms with Gasteiger partial charge in [0.15, 0.2) is 11.8 Å². The number of hydrogen-bond donors (Lipinski definition) is 2. The van der Waals surface area contributed by atoms with Crippen LogP contribution in [0.25, 0.3) is 16.6 Å². The van der Waals surface area contributed by atoms with Gasteiger partial charge in [-0.1, -0.05) is 30.9 Å². The molecular weight excluding hydrogens is 404 g/mol. The Hall–Kier alpha value is -4.53. The first-order chi connectivity index (χ1) is 15.5. The third kappa shape index (κ3) is 3.91. The second kappa shape index (κ2) is 8.68. The number of fused-ring (bicyclic) bond motifs is 1. The maximum Gasteiger partial charge on any atom is 0.269 e. The van der Waals surface area contributed by atoms with Gasteiger partial charge in [-0.25, -0.2) is 9.67 Å². The lowest BCUT2D eigenvalue weighted by atomic mass is 10.1. The van der Waals surface area contributed by atoms with Crippen molar-refractivity contribution >= 4 is 16.8 Å². The number of aliphatic hydroxyl groups is 1. The van der Waals surface area contributed by atoms with Gasteiger partial charge < -0.3 is 10.8 Å². The fourth-order valence-electron chi connectivity index (χ4n) is 3.38. The number of aliphatic hydroxyl groups excluding tert-OH is 1. The molecule has 0 aliphatic rings. The molecule has 32 heavy (non-hydrogen) atoms. The van der Waals surface area contributed by atoms with Crippen molar-refractivity contribution in [3.8, 4) is 23.6 Å². The molecule has 0 radical (unpaired) electrons. The van der Waals surface area contributed by atoms with Gasteiger partial charge in [0.05, 0.1) is 22.3 Å². The van der Waals surface area contributed by atoms with Crippen LogP contribution in [0.2, 0.25) is 0 Å². The molecule has 1 atom stereocenters. The molecule has 1 amide bonds. The van der Waals surface area contributed by atoms with Crippen LogP contribution in [0.1, 0.15) is 46.0 Å². The highest BCUT2D eigenvalue weighted by atomic mass is 16.3. The Morgan fingerprint density at radius 3 is 2.84 bits per heavy atom. The number of nitrogens with two attached hydrogens (primary N) is 1. The fourth-order valence-corrected chi connectivity index (χ4v) is 3.38. The summed E-state index contributed by atoms with van der Waals surface area (Å²) in [7, 11) is 0. The van der Waals surface area contributed by atoms with E-state index in [1.165, 1.54) is 10.9 Å². The first-order valence-electron chi connectivity index (χ1n) is 9.84. The van der Waals surface area contributed by atoms with Crippen molar-refractivity contribution < 1.29 is 9.90 Å². The van der Waals surface area contributed by atoms with Crippen molar-refractivity contribution in [2.45, 2.75) is 19.4 Å². The van der Waals surface area contributed by atoms with Gasteiger partial charge in [0, 0.05) is 24.0 Å². The van der Waals surface area contributed by atoms with Crippen LogP contribution >= 0.6 is 0 Å². The van der Waals surface area contributed by atoms with E-state index in [9.17, 15) is 15.2 Å². The monoisotopic (exact) mass is 422 g/mol. The quantitative estimate of drug-likeness (QED) is 0.486. The summed E-state index contributed by atoms with van der Waals surface area (Å²) in [6, 6.07) is 14.4. The molecule has 0 saturated carbocycles. The van der Waals surface area contributed by atoms with E-state index < -0.39 is 12.0 Å². The number of primary amides is 1. The fraction of sp³-hybridized carbons (Fsp3) is 0.125. The van der Waals surface area contributed by atoms with E-state index in [-0.39, 0.29) is 11.4 Å². The van der Waals surface area contributed by atoms with Gasteiger partial charge in [0.2, 0.25) is 0 Å². The van der Waals surface area contributed by atoms with Crippen molar-refractivity contribution in [2.24, 2.45) is 5.73 Å². The predicted octanol–water partition coefficient (Wildman–Crippen LogP) is 2.43. The SMILES string of the molecule is CCc1cccnc1[C@@H](O)C#Cc1cccc(-n2nc(C(N)=O)c3cnc(C#N)cc32)c1. The van der Waals surface area contributed by atoms with E-state index in [1.54, 1.807) is 36.5 Å². The Labute approximate surface area is 184 Å². The van der Waals surface area contributed by atoms with Crippen molar-refractivity contribution in [1.82, 2.24) is 19.7 Å². The zero-order valence-electron chi connectivity index (χ0n) is 17.1. The van der Waals surface area contributed by atoms with Gasteiger partial charge in [-0.15, -0.1) is 0 Å². The van der Waals surface area contributed by atoms with Gasteiger partial charge in [-0.2, -0.15) is 10.4 Å². The van der Waals surface area contributed by atoms with Crippen LogP contribution in [0, 0.1) is 23.2 Å². The zero-order valence-corrected chi connectivity index (χ0v) is 17.1. The largest absolute Gasteiger partial charge is 0.374 e. The minimum absolute atomic E-state index is 0.0612. The van der Waals surface area contributed by atoms with E-state index in [1.807, 2.05) is 25.1 Å². The molecule has 8 nitrogen and oxygen atoms in total. The lowest BCUT2D eigenvalue weighted by Crippen LogP contribution is -2.12. The molecule has 156 valence electrons. The maximum atomic E-state index is 11.8. The predicted molar refractivity (Wildman–Crippen MR) is 118 cm³/mol. The molecule has 3 heterocycles. The Kier molecular flexibility index (Phi) is 5.63. The van der Waals surface area contributed by atoms with Crippen molar-refractivity contribution in [3.05, 3.63) is 83.1 Å². The van der Waals surface area contributed by atoms with E-state index in [2.05, 4.69) is 26.9 Å². The lowest BCUT2D eigenvalue weighted by molar-refractivity contribution is 0.0996. The Morgan fingerprint density at radius 2 is 2.09 bits per heavy atom. The number of hydrogen-bond acceptors (Lipinski definition) is 6. The number of nitriles is 1. The number of nitrogens with zero attached hydrogens (tertiary/aromatic N) is 5. The summed E-state index contributed by atoms with van der Waals surface area (Å²) >= 11 is 0. The Bertz CT molecular complexity index is 1440. The molecule has 0 spiro atoms. The molecule has 4 aromatic rings. The number of rotatable bonds is 4. The highest BCUT2D eigenvalue weighted by Crippen LogP contribution is 2.23. The first-order valence-corrected chi connectivity index (χ1v) is 9.84. The molecule has 0 aliphatic heterocycles. The summed E-state index contributed by atoms with van der Waals surface area (Å²) in [5.74, 6) is 5.11. The third-order valence-electron chi connectivity index (χ3n) is 4.92. The first kappa shape index (κ1) is 20.7. The number of carbonyl (C=O) groups excluding carboxylic acids is 1. The lowest BCUT2D eigenvalue weighted by Gasteiger charge is -2.08. The Balaban J connectivity index is 1.75. The minimum atomic E-state index is -1.02. The Morgan fingerprint density at radius 1 is 1.25 bits per heavy atom. The number of pyridine rings is 2. The number of carbonyl (C=O) groups is 1. The zero-order chi connectivity index (χ0) is 22.7. The number of aryl methyl sites for hydroxylation is 1. The van der Waals surface area contributed by atoms with Gasteiger partial charge in [0.25, 0.3) is 5.91 Å². The van der Waals surface area contributed by atoms with Crippen LogP contribution in [0.3, 0.4) is 0 Å². The van der Waals surface area contributed by atoms with Gasteiger partial charge in [-0.05, 0) is 36.2 Å². The molecular formula is C24H18N6O2. The molecule has 0 saturated heterocycles. The molecule has 0 aliphatic carbocycles. The number of benzene rings is 1. The molecule has 3 N–H and O–H groups in total. The molecule has 1 aromatic carbocycles. The second-order valence-corrected chi connectivity index (χ2v) is 6.95. The molecule has 0 unspecified atom stereocenters. The molecule has 4 rings (SSSR count). The summed E-state index contributed by atoms with van der Waals surface area (Å²) in [4.78, 5) is 20.1. The van der Waals surface area contributed by atoms with E-state index >= 15 is 0 Å². The van der Waals surface area contributed by atoms with E-state index in [4.69, 9.17) is 5.73 Å². The van der Waals surface area contributed by atoms with Crippen molar-refractivity contribution in [3.63, 3.8) is 0 Å². The summed E-state index contributed by atoms with van der Waals surface area (Å²) in [6.45, 7) is 1.99. The summed E-state index contributed by atoms with van der Waals surface area (Å²) < 4.78 is 1.52. The number of aromatic nitrogens is 4. The normalized spacial score (nSPS) is 11.4. The van der Waals surface area contributed by atoms with E-state index in [0.29, 0.717) is 27.8 Å². The summed E-state index contributed by atoms with van der Waals surface area (Å²) in [6.07, 6.45) is 2.76. The van der Waals surface area contributed by atoms with Crippen LogP contribution in [-0.4, -0.2) is 30.8 Å². The highest BCUT2D eigenvalue weighted by molar-refractivity contribution is 6.04. The van der Waals surface area contributed by atoms with Crippen molar-refractivity contribution in [2.75, 3.05) is 0 Å². The summed E-state index contributed by atoms with van der Waals surface area (Å²) in [5.41, 5.74) is 8.97. The van der Waals surface area contributed by atoms with Crippen LogP contribution < -0.4 is 5.73 Å². The molecule has 8 heteroatoms. The average molecular weight is 422 g/mol. The highest BCUT2D eigenvalue weighted by Gasteiger charge is 2.17. The van der Waals surface area contributed by atoms with Crippen molar-refractivity contribution in [1.29, 1.82) is 5.26 Å². The van der Waals surface area contributed by atoms with Crippen LogP contribution in [0.5, 0.6) is 0 Å². The van der Waals surface area contributed by atoms with Gasteiger partial charge in [-0.3, -0.25) is 9.78 Å².